The van der Waals surface area contributed by atoms with Gasteiger partial charge in [-0.1, -0.05) is 0 Å². The van der Waals surface area contributed by atoms with Gasteiger partial charge in [0, 0.05) is 5.69 Å². The van der Waals surface area contributed by atoms with Gasteiger partial charge >= 0.3 is 0 Å². The van der Waals surface area contributed by atoms with Gasteiger partial charge in [-0.25, -0.2) is 0 Å². The van der Waals surface area contributed by atoms with Gasteiger partial charge in [0.05, 0.1) is 34.2 Å². The molecule has 0 spiro atoms. The number of nitrogens with zero attached hydrogens (tertiary/aromatic N) is 1. The summed E-state index contributed by atoms with van der Waals surface area (Å²) in [6, 6.07) is 11.2. The van der Waals surface area contributed by atoms with Gasteiger partial charge in [0.25, 0.3) is 0 Å². The monoisotopic (exact) mass is 375 g/mol. The third kappa shape index (κ3) is 3.26. The number of hydrogen-bond donors (Lipinski definition) is 0. The first-order valence-electron chi connectivity index (χ1n) is 8.00. The van der Waals surface area contributed by atoms with Gasteiger partial charge in [0.1, 0.15) is 11.1 Å². The predicted molar refractivity (Wildman–Crippen MR) is 102 cm³/mol. The lowest BCUT2D eigenvalue weighted by molar-refractivity contribution is -0.115. The maximum absolute atomic E-state index is 12.5. The smallest absolute Gasteiger partial charge is 0.238 e. The molecule has 0 saturated carbocycles. The summed E-state index contributed by atoms with van der Waals surface area (Å²) in [5.74, 6) is 2.88. The van der Waals surface area contributed by atoms with Crippen LogP contribution in [-0.2, 0) is 4.79 Å². The van der Waals surface area contributed by atoms with Gasteiger partial charge in [0.2, 0.25) is 11.7 Å². The van der Waals surface area contributed by atoms with Gasteiger partial charge in [-0.2, -0.15) is 0 Å². The van der Waals surface area contributed by atoms with Crippen LogP contribution >= 0.6 is 11.8 Å². The van der Waals surface area contributed by atoms with E-state index in [0.29, 0.717) is 23.0 Å². The number of hydrogen-bond acceptors (Lipinski definition) is 6. The molecule has 1 atom stereocenters. The van der Waals surface area contributed by atoms with Gasteiger partial charge < -0.3 is 18.9 Å². The molecule has 3 rings (SSSR count). The molecule has 1 aliphatic heterocycles. The van der Waals surface area contributed by atoms with E-state index < -0.39 is 0 Å². The number of anilines is 1. The predicted octanol–water partition coefficient (Wildman–Crippen LogP) is 3.50. The zero-order valence-corrected chi connectivity index (χ0v) is 16.0. The molecule has 26 heavy (non-hydrogen) atoms. The van der Waals surface area contributed by atoms with Crippen molar-refractivity contribution in [2.45, 2.75) is 5.37 Å². The normalized spacial score (nSPS) is 16.5. The fraction of sp³-hybridized carbons (Fsp3) is 0.316. The third-order valence-electron chi connectivity index (χ3n) is 4.19. The Morgan fingerprint density at radius 1 is 0.923 bits per heavy atom. The summed E-state index contributed by atoms with van der Waals surface area (Å²) >= 11 is 1.56. The molecule has 1 heterocycles. The highest BCUT2D eigenvalue weighted by Gasteiger charge is 2.35. The highest BCUT2D eigenvalue weighted by atomic mass is 32.2. The second-order valence-electron chi connectivity index (χ2n) is 5.58. The van der Waals surface area contributed by atoms with Crippen molar-refractivity contribution in [1.29, 1.82) is 0 Å². The topological polar surface area (TPSA) is 57.2 Å². The van der Waals surface area contributed by atoms with Crippen LogP contribution in [0.4, 0.5) is 5.69 Å². The Labute approximate surface area is 157 Å². The lowest BCUT2D eigenvalue weighted by Crippen LogP contribution is -2.27. The van der Waals surface area contributed by atoms with Crippen LogP contribution in [0.15, 0.2) is 36.4 Å². The van der Waals surface area contributed by atoms with Gasteiger partial charge in [0.15, 0.2) is 11.5 Å². The largest absolute Gasteiger partial charge is 0.497 e. The quantitative estimate of drug-likeness (QED) is 0.770. The van der Waals surface area contributed by atoms with Crippen LogP contribution in [0.1, 0.15) is 10.9 Å². The van der Waals surface area contributed by atoms with Crippen molar-refractivity contribution >= 4 is 23.4 Å². The summed E-state index contributed by atoms with van der Waals surface area (Å²) < 4.78 is 21.5. The second-order valence-corrected chi connectivity index (χ2v) is 6.65. The average Bonchev–Trinajstić information content (AvgIpc) is 3.08. The van der Waals surface area contributed by atoms with Crippen molar-refractivity contribution in [2.24, 2.45) is 0 Å². The summed E-state index contributed by atoms with van der Waals surface area (Å²) in [5.41, 5.74) is 1.73. The van der Waals surface area contributed by atoms with Crippen LogP contribution in [-0.4, -0.2) is 40.1 Å². The van der Waals surface area contributed by atoms with Crippen molar-refractivity contribution in [2.75, 3.05) is 39.1 Å². The second kappa shape index (κ2) is 7.78. The first-order chi connectivity index (χ1) is 12.6. The van der Waals surface area contributed by atoms with Gasteiger partial charge in [-0.3, -0.25) is 9.69 Å². The summed E-state index contributed by atoms with van der Waals surface area (Å²) in [6.07, 6.45) is 0. The van der Waals surface area contributed by atoms with Crippen LogP contribution in [0, 0.1) is 0 Å². The standard InChI is InChI=1S/C19H21NO5S/c1-22-14-7-5-13(6-8-14)20-17(21)11-26-19(20)12-9-15(23-2)18(25-4)16(10-12)24-3/h5-10,19H,11H2,1-4H3/t19-/m1/s1. The molecule has 1 amide bonds. The van der Waals surface area contributed by atoms with E-state index in [1.807, 2.05) is 36.4 Å². The molecule has 0 aliphatic carbocycles. The van der Waals surface area contributed by atoms with E-state index in [9.17, 15) is 4.79 Å². The van der Waals surface area contributed by atoms with E-state index in [1.54, 1.807) is 45.1 Å². The SMILES string of the molecule is COc1ccc(N2C(=O)CS[C@@H]2c2cc(OC)c(OC)c(OC)c2)cc1. The van der Waals surface area contributed by atoms with Gasteiger partial charge in [-0.05, 0) is 42.0 Å². The highest BCUT2D eigenvalue weighted by molar-refractivity contribution is 8.00. The van der Waals surface area contributed by atoms with E-state index in [-0.39, 0.29) is 11.3 Å². The van der Waals surface area contributed by atoms with Crippen LogP contribution in [0.3, 0.4) is 0 Å². The summed E-state index contributed by atoms with van der Waals surface area (Å²) in [5, 5.41) is -0.176. The fourth-order valence-corrected chi connectivity index (χ4v) is 4.09. The van der Waals surface area contributed by atoms with E-state index in [0.717, 1.165) is 17.0 Å². The summed E-state index contributed by atoms with van der Waals surface area (Å²) in [4.78, 5) is 14.3. The molecule has 138 valence electrons. The lowest BCUT2D eigenvalue weighted by atomic mass is 10.1. The molecule has 1 saturated heterocycles. The van der Waals surface area contributed by atoms with Crippen LogP contribution in [0.5, 0.6) is 23.0 Å². The third-order valence-corrected chi connectivity index (χ3v) is 5.40. The highest BCUT2D eigenvalue weighted by Crippen LogP contribution is 2.47. The van der Waals surface area contributed by atoms with Crippen molar-refractivity contribution in [3.05, 3.63) is 42.0 Å². The Morgan fingerprint density at radius 3 is 2.04 bits per heavy atom. The van der Waals surface area contributed by atoms with Crippen molar-refractivity contribution in [3.63, 3.8) is 0 Å². The molecular weight excluding hydrogens is 354 g/mol. The lowest BCUT2D eigenvalue weighted by Gasteiger charge is -2.25. The number of amides is 1. The first-order valence-corrected chi connectivity index (χ1v) is 9.05. The molecule has 2 aromatic rings. The van der Waals surface area contributed by atoms with E-state index in [2.05, 4.69) is 0 Å². The summed E-state index contributed by atoms with van der Waals surface area (Å²) in [7, 11) is 6.34. The Balaban J connectivity index is 2.02. The average molecular weight is 375 g/mol. The van der Waals surface area contributed by atoms with E-state index in [4.69, 9.17) is 18.9 Å². The molecule has 7 heteroatoms. The first kappa shape index (κ1) is 18.3. The molecule has 1 aliphatic rings. The molecule has 0 bridgehead atoms. The Morgan fingerprint density at radius 2 is 1.54 bits per heavy atom. The molecule has 0 radical (unpaired) electrons. The molecule has 0 aromatic heterocycles. The number of methoxy groups -OCH3 is 4. The Bertz CT molecular complexity index is 768. The zero-order chi connectivity index (χ0) is 18.7. The molecule has 0 N–H and O–H groups in total. The Kier molecular flexibility index (Phi) is 5.46. The van der Waals surface area contributed by atoms with E-state index >= 15 is 0 Å². The number of thioether (sulfide) groups is 1. The fourth-order valence-electron chi connectivity index (χ4n) is 2.94. The maximum Gasteiger partial charge on any atom is 0.238 e. The molecule has 0 unspecified atom stereocenters. The number of carbonyl (C=O) groups is 1. The number of rotatable bonds is 6. The van der Waals surface area contributed by atoms with Crippen LogP contribution < -0.4 is 23.8 Å². The maximum atomic E-state index is 12.5. The summed E-state index contributed by atoms with van der Waals surface area (Å²) in [6.45, 7) is 0. The molecule has 1 fully saturated rings. The minimum Gasteiger partial charge on any atom is -0.497 e. The van der Waals surface area contributed by atoms with Crippen molar-refractivity contribution < 1.29 is 23.7 Å². The zero-order valence-electron chi connectivity index (χ0n) is 15.1. The number of ether oxygens (including phenoxy) is 4. The van der Waals surface area contributed by atoms with Crippen LogP contribution in [0.25, 0.3) is 0 Å². The Hall–Kier alpha value is -2.54. The molecule has 6 nitrogen and oxygen atoms in total. The van der Waals surface area contributed by atoms with Crippen LogP contribution in [0.2, 0.25) is 0 Å². The molecular formula is C19H21NO5S. The minimum absolute atomic E-state index is 0.0546. The van der Waals surface area contributed by atoms with Crippen molar-refractivity contribution in [1.82, 2.24) is 0 Å². The van der Waals surface area contributed by atoms with E-state index in [1.165, 1.54) is 0 Å². The van der Waals surface area contributed by atoms with Gasteiger partial charge in [-0.15, -0.1) is 11.8 Å². The molecule has 2 aromatic carbocycles. The minimum atomic E-state index is -0.176. The van der Waals surface area contributed by atoms with Crippen molar-refractivity contribution in [3.8, 4) is 23.0 Å². The number of benzene rings is 2. The number of carbonyl (C=O) groups excluding carboxylic acids is 1.